The van der Waals surface area contributed by atoms with Crippen LogP contribution in [0.5, 0.6) is 5.75 Å². The van der Waals surface area contributed by atoms with Crippen molar-refractivity contribution in [1.29, 1.82) is 0 Å². The number of nitrogens with zero attached hydrogens (tertiary/aromatic N) is 2. The topological polar surface area (TPSA) is 65.3 Å². The fourth-order valence-corrected chi connectivity index (χ4v) is 1.47. The molecule has 5 heteroatoms. The van der Waals surface area contributed by atoms with Gasteiger partial charge in [0.15, 0.2) is 0 Å². The maximum absolute atomic E-state index is 10.6. The molecule has 0 spiro atoms. The molecule has 0 saturated carbocycles. The van der Waals surface area contributed by atoms with Crippen LogP contribution in [0, 0.1) is 17.0 Å². The van der Waals surface area contributed by atoms with Crippen LogP contribution in [0.15, 0.2) is 42.6 Å². The Kier molecular flexibility index (Phi) is 3.52. The maximum Gasteiger partial charge on any atom is 0.269 e. The molecule has 2 rings (SSSR count). The van der Waals surface area contributed by atoms with Gasteiger partial charge in [-0.15, -0.1) is 0 Å². The molecule has 5 nitrogen and oxygen atoms in total. The average Bonchev–Trinajstić information content (AvgIpc) is 2.38. The molecule has 1 aromatic heterocycles. The summed E-state index contributed by atoms with van der Waals surface area (Å²) in [6, 6.07) is 10.1. The van der Waals surface area contributed by atoms with Crippen molar-refractivity contribution in [3.8, 4) is 5.75 Å². The van der Waals surface area contributed by atoms with Gasteiger partial charge in [-0.2, -0.15) is 0 Å². The number of hydrogen-bond acceptors (Lipinski definition) is 4. The maximum atomic E-state index is 10.6. The molecule has 0 unspecified atom stereocenters. The lowest BCUT2D eigenvalue weighted by Crippen LogP contribution is -1.97. The molecule has 0 atom stereocenters. The minimum Gasteiger partial charge on any atom is -0.487 e. The number of aryl methyl sites for hydroxylation is 1. The van der Waals surface area contributed by atoms with Crippen molar-refractivity contribution in [3.05, 3.63) is 64.0 Å². The summed E-state index contributed by atoms with van der Waals surface area (Å²) < 4.78 is 5.50. The second kappa shape index (κ2) is 5.27. The molecule has 0 amide bonds. The number of aromatic nitrogens is 1. The summed E-state index contributed by atoms with van der Waals surface area (Å²) in [7, 11) is 0. The Bertz CT molecular complexity index is 552. The molecule has 1 aromatic carbocycles. The molecule has 0 aliphatic heterocycles. The molecule has 0 fully saturated rings. The molecule has 0 N–H and O–H groups in total. The van der Waals surface area contributed by atoms with E-state index in [0.717, 1.165) is 11.3 Å². The predicted octanol–water partition coefficient (Wildman–Crippen LogP) is 2.88. The van der Waals surface area contributed by atoms with Gasteiger partial charge >= 0.3 is 0 Å². The summed E-state index contributed by atoms with van der Waals surface area (Å²) in [5.74, 6) is 0.645. The Morgan fingerprint density at radius 3 is 2.83 bits per heavy atom. The van der Waals surface area contributed by atoms with E-state index in [1.165, 1.54) is 12.1 Å². The smallest absolute Gasteiger partial charge is 0.269 e. The van der Waals surface area contributed by atoms with E-state index in [-0.39, 0.29) is 12.3 Å². The molecule has 1 heterocycles. The van der Waals surface area contributed by atoms with E-state index in [1.807, 2.05) is 19.1 Å². The number of rotatable bonds is 4. The van der Waals surface area contributed by atoms with E-state index in [1.54, 1.807) is 18.3 Å². The van der Waals surface area contributed by atoms with Crippen LogP contribution < -0.4 is 4.74 Å². The van der Waals surface area contributed by atoms with Gasteiger partial charge in [0.05, 0.1) is 11.1 Å². The van der Waals surface area contributed by atoms with Gasteiger partial charge in [-0.25, -0.2) is 0 Å². The van der Waals surface area contributed by atoms with Gasteiger partial charge in [0.2, 0.25) is 0 Å². The van der Waals surface area contributed by atoms with E-state index in [4.69, 9.17) is 4.74 Å². The van der Waals surface area contributed by atoms with Gasteiger partial charge in [0, 0.05) is 17.8 Å². The highest BCUT2D eigenvalue weighted by Crippen LogP contribution is 2.16. The third-order valence-electron chi connectivity index (χ3n) is 2.41. The van der Waals surface area contributed by atoms with Crippen LogP contribution in [0.1, 0.15) is 11.3 Å². The third-order valence-corrected chi connectivity index (χ3v) is 2.41. The van der Waals surface area contributed by atoms with Crippen LogP contribution in [0.3, 0.4) is 0 Å². The van der Waals surface area contributed by atoms with Crippen LogP contribution >= 0.6 is 0 Å². The number of nitro benzene ring substituents is 1. The first kappa shape index (κ1) is 12.0. The van der Waals surface area contributed by atoms with Gasteiger partial charge in [-0.1, -0.05) is 12.1 Å². The second-order valence-electron chi connectivity index (χ2n) is 3.85. The first-order valence-electron chi connectivity index (χ1n) is 5.44. The lowest BCUT2D eigenvalue weighted by Gasteiger charge is -2.05. The van der Waals surface area contributed by atoms with Crippen LogP contribution in [0.2, 0.25) is 0 Å². The molecule has 0 radical (unpaired) electrons. The molecule has 0 aliphatic rings. The van der Waals surface area contributed by atoms with E-state index in [2.05, 4.69) is 4.98 Å². The number of hydrogen-bond donors (Lipinski definition) is 0. The Balaban J connectivity index is 2.04. The summed E-state index contributed by atoms with van der Waals surface area (Å²) in [4.78, 5) is 14.3. The third kappa shape index (κ3) is 3.04. The average molecular weight is 244 g/mol. The lowest BCUT2D eigenvalue weighted by molar-refractivity contribution is -0.384. The number of ether oxygens (including phenoxy) is 1. The van der Waals surface area contributed by atoms with Crippen molar-refractivity contribution >= 4 is 5.69 Å². The zero-order chi connectivity index (χ0) is 13.0. The molecule has 18 heavy (non-hydrogen) atoms. The Morgan fingerprint density at radius 1 is 1.33 bits per heavy atom. The molecule has 0 bridgehead atoms. The highest BCUT2D eigenvalue weighted by molar-refractivity contribution is 5.34. The van der Waals surface area contributed by atoms with Gasteiger partial charge in [0.25, 0.3) is 5.69 Å². The zero-order valence-corrected chi connectivity index (χ0v) is 9.87. The predicted molar refractivity (Wildman–Crippen MR) is 66.4 cm³/mol. The van der Waals surface area contributed by atoms with Crippen LogP contribution in [-0.4, -0.2) is 9.91 Å². The van der Waals surface area contributed by atoms with Crippen molar-refractivity contribution < 1.29 is 9.66 Å². The Hall–Kier alpha value is -2.43. The molecule has 92 valence electrons. The number of benzene rings is 1. The van der Waals surface area contributed by atoms with Crippen molar-refractivity contribution in [2.75, 3.05) is 0 Å². The minimum atomic E-state index is -0.420. The summed E-state index contributed by atoms with van der Waals surface area (Å²) in [5.41, 5.74) is 1.74. The highest BCUT2D eigenvalue weighted by Gasteiger charge is 2.05. The van der Waals surface area contributed by atoms with Crippen LogP contribution in [-0.2, 0) is 6.61 Å². The standard InChI is InChI=1S/C13H12N2O3/c1-10-5-6-13(8-14-10)18-9-11-3-2-4-12(7-11)15(16)17/h2-8H,9H2,1H3. The summed E-state index contributed by atoms with van der Waals surface area (Å²) >= 11 is 0. The van der Waals surface area contributed by atoms with Crippen molar-refractivity contribution in [1.82, 2.24) is 4.98 Å². The van der Waals surface area contributed by atoms with Gasteiger partial charge in [-0.05, 0) is 24.6 Å². The first-order valence-corrected chi connectivity index (χ1v) is 5.44. The van der Waals surface area contributed by atoms with Crippen LogP contribution in [0.25, 0.3) is 0 Å². The van der Waals surface area contributed by atoms with E-state index >= 15 is 0 Å². The summed E-state index contributed by atoms with van der Waals surface area (Å²) in [6.45, 7) is 2.18. The van der Waals surface area contributed by atoms with Crippen molar-refractivity contribution in [3.63, 3.8) is 0 Å². The number of non-ortho nitro benzene ring substituents is 1. The monoisotopic (exact) mass is 244 g/mol. The quantitative estimate of drug-likeness (QED) is 0.612. The highest BCUT2D eigenvalue weighted by atomic mass is 16.6. The van der Waals surface area contributed by atoms with Gasteiger partial charge in [0.1, 0.15) is 12.4 Å². The van der Waals surface area contributed by atoms with Gasteiger partial charge < -0.3 is 4.74 Å². The number of nitro groups is 1. The van der Waals surface area contributed by atoms with Crippen molar-refractivity contribution in [2.45, 2.75) is 13.5 Å². The SMILES string of the molecule is Cc1ccc(OCc2cccc([N+](=O)[O-])c2)cn1. The number of pyridine rings is 1. The molecule has 0 saturated heterocycles. The fourth-order valence-electron chi connectivity index (χ4n) is 1.47. The van der Waals surface area contributed by atoms with Crippen molar-refractivity contribution in [2.24, 2.45) is 0 Å². The molecular weight excluding hydrogens is 232 g/mol. The fraction of sp³-hybridized carbons (Fsp3) is 0.154. The summed E-state index contributed by atoms with van der Waals surface area (Å²) in [5, 5.41) is 10.6. The first-order chi connectivity index (χ1) is 8.65. The van der Waals surface area contributed by atoms with E-state index in [0.29, 0.717) is 5.75 Å². The van der Waals surface area contributed by atoms with E-state index < -0.39 is 4.92 Å². The Morgan fingerprint density at radius 2 is 2.17 bits per heavy atom. The van der Waals surface area contributed by atoms with E-state index in [9.17, 15) is 10.1 Å². The normalized spacial score (nSPS) is 10.1. The van der Waals surface area contributed by atoms with Crippen LogP contribution in [0.4, 0.5) is 5.69 Å². The molecule has 2 aromatic rings. The second-order valence-corrected chi connectivity index (χ2v) is 3.85. The summed E-state index contributed by atoms with van der Waals surface area (Å²) in [6.07, 6.45) is 1.63. The molecule has 0 aliphatic carbocycles. The lowest BCUT2D eigenvalue weighted by atomic mass is 10.2. The Labute approximate surface area is 104 Å². The zero-order valence-electron chi connectivity index (χ0n) is 9.87. The van der Waals surface area contributed by atoms with Gasteiger partial charge in [-0.3, -0.25) is 15.1 Å². The minimum absolute atomic E-state index is 0.0677. The largest absolute Gasteiger partial charge is 0.487 e. The molecular formula is C13H12N2O3.